The van der Waals surface area contributed by atoms with E-state index in [-0.39, 0.29) is 0 Å². The molecule has 12 heavy (non-hydrogen) atoms. The van der Waals surface area contributed by atoms with E-state index in [4.69, 9.17) is 4.74 Å². The average molecular weight is 162 g/mol. The summed E-state index contributed by atoms with van der Waals surface area (Å²) in [7, 11) is 0. The molecule has 0 spiro atoms. The normalized spacial score (nSPS) is 20.8. The molecule has 1 nitrogen and oxygen atoms in total. The predicted molar refractivity (Wildman–Crippen MR) is 49.5 cm³/mol. The van der Waals surface area contributed by atoms with Gasteiger partial charge in [0, 0.05) is 11.5 Å². The molecule has 0 amide bonds. The number of rotatable bonds is 1. The SMILES string of the molecule is CC(C)C1COc2ccccc21. The summed E-state index contributed by atoms with van der Waals surface area (Å²) in [5, 5.41) is 0. The zero-order chi connectivity index (χ0) is 8.55. The number of benzene rings is 1. The summed E-state index contributed by atoms with van der Waals surface area (Å²) >= 11 is 0. The summed E-state index contributed by atoms with van der Waals surface area (Å²) in [6.07, 6.45) is 0. The molecule has 0 radical (unpaired) electrons. The van der Waals surface area contributed by atoms with Crippen molar-refractivity contribution >= 4 is 0 Å². The minimum absolute atomic E-state index is 0.598. The highest BCUT2D eigenvalue weighted by Gasteiger charge is 2.25. The monoisotopic (exact) mass is 162 g/mol. The van der Waals surface area contributed by atoms with Gasteiger partial charge in [0.2, 0.25) is 0 Å². The second-order valence-corrected chi connectivity index (χ2v) is 3.70. The molecule has 0 aliphatic carbocycles. The molecule has 0 saturated heterocycles. The van der Waals surface area contributed by atoms with Crippen LogP contribution in [0.3, 0.4) is 0 Å². The van der Waals surface area contributed by atoms with E-state index >= 15 is 0 Å². The van der Waals surface area contributed by atoms with Crippen molar-refractivity contribution in [3.63, 3.8) is 0 Å². The van der Waals surface area contributed by atoms with Gasteiger partial charge in [-0.1, -0.05) is 32.0 Å². The Morgan fingerprint density at radius 3 is 2.83 bits per heavy atom. The first kappa shape index (κ1) is 7.66. The maximum Gasteiger partial charge on any atom is 0.122 e. The Balaban J connectivity index is 2.36. The highest BCUT2D eigenvalue weighted by molar-refractivity contribution is 5.39. The summed E-state index contributed by atoms with van der Waals surface area (Å²) in [4.78, 5) is 0. The van der Waals surface area contributed by atoms with E-state index in [1.165, 1.54) is 5.56 Å². The molecule has 0 aromatic heterocycles. The van der Waals surface area contributed by atoms with E-state index in [0.29, 0.717) is 11.8 Å². The van der Waals surface area contributed by atoms with E-state index in [1.54, 1.807) is 0 Å². The van der Waals surface area contributed by atoms with E-state index < -0.39 is 0 Å². The van der Waals surface area contributed by atoms with Crippen molar-refractivity contribution in [3.8, 4) is 5.75 Å². The topological polar surface area (TPSA) is 9.23 Å². The van der Waals surface area contributed by atoms with Crippen LogP contribution in [0.5, 0.6) is 5.75 Å². The predicted octanol–water partition coefficient (Wildman–Crippen LogP) is 2.82. The van der Waals surface area contributed by atoms with Crippen LogP contribution in [0.2, 0.25) is 0 Å². The van der Waals surface area contributed by atoms with Gasteiger partial charge in [0.25, 0.3) is 0 Å². The maximum atomic E-state index is 5.57. The van der Waals surface area contributed by atoms with Crippen LogP contribution in [-0.2, 0) is 0 Å². The van der Waals surface area contributed by atoms with Gasteiger partial charge in [0.1, 0.15) is 5.75 Å². The van der Waals surface area contributed by atoms with Gasteiger partial charge in [-0.25, -0.2) is 0 Å². The lowest BCUT2D eigenvalue weighted by atomic mass is 9.90. The van der Waals surface area contributed by atoms with Gasteiger partial charge in [-0.05, 0) is 12.0 Å². The van der Waals surface area contributed by atoms with Crippen LogP contribution in [-0.4, -0.2) is 6.61 Å². The molecule has 1 aliphatic rings. The standard InChI is InChI=1S/C11H14O/c1-8(2)10-7-12-11-6-4-3-5-9(10)11/h3-6,8,10H,7H2,1-2H3. The Bertz CT molecular complexity index is 278. The molecular formula is C11H14O. The molecule has 1 aromatic rings. The molecule has 1 unspecified atom stereocenters. The van der Waals surface area contributed by atoms with Crippen LogP contribution in [0.25, 0.3) is 0 Å². The fourth-order valence-electron chi connectivity index (χ4n) is 1.74. The summed E-state index contributed by atoms with van der Waals surface area (Å²) in [6, 6.07) is 8.34. The highest BCUT2D eigenvalue weighted by Crippen LogP contribution is 2.37. The Labute approximate surface area is 73.4 Å². The lowest BCUT2D eigenvalue weighted by Gasteiger charge is -2.11. The Morgan fingerprint density at radius 1 is 1.33 bits per heavy atom. The van der Waals surface area contributed by atoms with Gasteiger partial charge in [-0.3, -0.25) is 0 Å². The second-order valence-electron chi connectivity index (χ2n) is 3.70. The number of para-hydroxylation sites is 1. The van der Waals surface area contributed by atoms with Gasteiger partial charge >= 0.3 is 0 Å². The zero-order valence-electron chi connectivity index (χ0n) is 7.58. The maximum absolute atomic E-state index is 5.57. The molecule has 0 saturated carbocycles. The third-order valence-corrected chi connectivity index (χ3v) is 2.54. The van der Waals surface area contributed by atoms with Crippen molar-refractivity contribution in [3.05, 3.63) is 29.8 Å². The number of hydrogen-bond acceptors (Lipinski definition) is 1. The van der Waals surface area contributed by atoms with Gasteiger partial charge in [-0.2, -0.15) is 0 Å². The van der Waals surface area contributed by atoms with Crippen LogP contribution in [0.15, 0.2) is 24.3 Å². The summed E-state index contributed by atoms with van der Waals surface area (Å²) in [5.74, 6) is 2.35. The first-order chi connectivity index (χ1) is 5.79. The van der Waals surface area contributed by atoms with Crippen molar-refractivity contribution in [2.45, 2.75) is 19.8 Å². The van der Waals surface area contributed by atoms with Crippen LogP contribution in [0.4, 0.5) is 0 Å². The van der Waals surface area contributed by atoms with Gasteiger partial charge < -0.3 is 4.74 Å². The molecule has 1 aromatic carbocycles. The quantitative estimate of drug-likeness (QED) is 0.617. The Morgan fingerprint density at radius 2 is 2.08 bits per heavy atom. The average Bonchev–Trinajstić information content (AvgIpc) is 2.47. The van der Waals surface area contributed by atoms with Crippen molar-refractivity contribution in [1.82, 2.24) is 0 Å². The van der Waals surface area contributed by atoms with Gasteiger partial charge in [0.15, 0.2) is 0 Å². The van der Waals surface area contributed by atoms with E-state index in [2.05, 4.69) is 32.0 Å². The van der Waals surface area contributed by atoms with Crippen molar-refractivity contribution in [2.24, 2.45) is 5.92 Å². The van der Waals surface area contributed by atoms with Crippen molar-refractivity contribution in [1.29, 1.82) is 0 Å². The molecule has 64 valence electrons. The molecule has 2 rings (SSSR count). The van der Waals surface area contributed by atoms with Crippen LogP contribution in [0.1, 0.15) is 25.3 Å². The smallest absolute Gasteiger partial charge is 0.122 e. The number of ether oxygens (including phenoxy) is 1. The molecule has 1 heteroatoms. The molecule has 1 aliphatic heterocycles. The first-order valence-electron chi connectivity index (χ1n) is 4.51. The number of fused-ring (bicyclic) bond motifs is 1. The Hall–Kier alpha value is -0.980. The molecular weight excluding hydrogens is 148 g/mol. The zero-order valence-corrected chi connectivity index (χ0v) is 7.58. The largest absolute Gasteiger partial charge is 0.493 e. The van der Waals surface area contributed by atoms with E-state index in [1.807, 2.05) is 6.07 Å². The molecule has 0 bridgehead atoms. The summed E-state index contributed by atoms with van der Waals surface area (Å²) in [6.45, 7) is 5.35. The van der Waals surface area contributed by atoms with Gasteiger partial charge in [0.05, 0.1) is 6.61 Å². The van der Waals surface area contributed by atoms with Crippen LogP contribution in [0, 0.1) is 5.92 Å². The van der Waals surface area contributed by atoms with E-state index in [0.717, 1.165) is 12.4 Å². The lowest BCUT2D eigenvalue weighted by Crippen LogP contribution is -2.07. The molecule has 0 fully saturated rings. The number of hydrogen-bond donors (Lipinski definition) is 0. The lowest BCUT2D eigenvalue weighted by molar-refractivity contribution is 0.304. The van der Waals surface area contributed by atoms with Crippen LogP contribution < -0.4 is 4.74 Å². The first-order valence-corrected chi connectivity index (χ1v) is 4.51. The van der Waals surface area contributed by atoms with Crippen molar-refractivity contribution < 1.29 is 4.74 Å². The fourth-order valence-corrected chi connectivity index (χ4v) is 1.74. The van der Waals surface area contributed by atoms with Crippen molar-refractivity contribution in [2.75, 3.05) is 6.61 Å². The third-order valence-electron chi connectivity index (χ3n) is 2.54. The van der Waals surface area contributed by atoms with Gasteiger partial charge in [-0.15, -0.1) is 0 Å². The molecule has 1 heterocycles. The summed E-state index contributed by atoms with van der Waals surface area (Å²) < 4.78 is 5.57. The minimum Gasteiger partial charge on any atom is -0.493 e. The second kappa shape index (κ2) is 2.81. The molecule has 0 N–H and O–H groups in total. The third kappa shape index (κ3) is 1.09. The Kier molecular flexibility index (Phi) is 1.80. The highest BCUT2D eigenvalue weighted by atomic mass is 16.5. The summed E-state index contributed by atoms with van der Waals surface area (Å²) in [5.41, 5.74) is 1.38. The minimum atomic E-state index is 0.598. The van der Waals surface area contributed by atoms with Crippen LogP contribution >= 0.6 is 0 Å². The molecule has 1 atom stereocenters. The fraction of sp³-hybridized carbons (Fsp3) is 0.455. The van der Waals surface area contributed by atoms with E-state index in [9.17, 15) is 0 Å².